The molecule has 1 aliphatic heterocycles. The van der Waals surface area contributed by atoms with Crippen LogP contribution in [0.15, 0.2) is 24.3 Å². The smallest absolute Gasteiger partial charge is 0.208 e. The highest BCUT2D eigenvalue weighted by Crippen LogP contribution is 2.41. The molecule has 1 spiro atoms. The molecule has 1 heterocycles. The highest BCUT2D eigenvalue weighted by molar-refractivity contribution is 6.74. The summed E-state index contributed by atoms with van der Waals surface area (Å²) in [5.74, 6) is 6.21. The van der Waals surface area contributed by atoms with Crippen LogP contribution in [0.2, 0.25) is 18.1 Å². The number of rotatable bonds is 10. The van der Waals surface area contributed by atoms with E-state index in [2.05, 4.69) is 45.7 Å². The predicted molar refractivity (Wildman–Crippen MR) is 148 cm³/mol. The number of carbonyl (C=O) groups excluding carboxylic acids is 1. The van der Waals surface area contributed by atoms with Gasteiger partial charge in [0.2, 0.25) is 5.78 Å². The van der Waals surface area contributed by atoms with Crippen molar-refractivity contribution in [1.29, 1.82) is 0 Å². The third-order valence-electron chi connectivity index (χ3n) is 7.86. The molecule has 1 saturated heterocycles. The summed E-state index contributed by atoms with van der Waals surface area (Å²) in [7, 11) is -0.421. The summed E-state index contributed by atoms with van der Waals surface area (Å²) in [6.07, 6.45) is 5.41. The van der Waals surface area contributed by atoms with Gasteiger partial charge in [-0.15, -0.1) is 0 Å². The van der Waals surface area contributed by atoms with Crippen LogP contribution < -0.4 is 4.74 Å². The number of benzene rings is 1. The maximum Gasteiger partial charge on any atom is 0.208 e. The van der Waals surface area contributed by atoms with E-state index in [4.69, 9.17) is 23.4 Å². The summed E-state index contributed by atoms with van der Waals surface area (Å²) in [5, 5.41) is 0.0413. The Morgan fingerprint density at radius 1 is 1.14 bits per heavy atom. The first kappa shape index (κ1) is 29.9. The second-order valence-electron chi connectivity index (χ2n) is 11.9. The van der Waals surface area contributed by atoms with Crippen molar-refractivity contribution in [2.45, 2.75) is 121 Å². The molecule has 7 heteroatoms. The summed E-state index contributed by atoms with van der Waals surface area (Å²) in [6, 6.07) is 7.84. The van der Waals surface area contributed by atoms with Gasteiger partial charge >= 0.3 is 0 Å². The van der Waals surface area contributed by atoms with Gasteiger partial charge in [-0.25, -0.2) is 0 Å². The Morgan fingerprint density at radius 3 is 2.43 bits per heavy atom. The van der Waals surface area contributed by atoms with E-state index in [1.807, 2.05) is 31.2 Å². The van der Waals surface area contributed by atoms with Crippen LogP contribution in [0, 0.1) is 11.8 Å². The Morgan fingerprint density at radius 2 is 1.81 bits per heavy atom. The first-order valence-electron chi connectivity index (χ1n) is 13.7. The van der Waals surface area contributed by atoms with Gasteiger partial charge in [-0.3, -0.25) is 4.79 Å². The highest BCUT2D eigenvalue weighted by atomic mass is 28.4. The predicted octanol–water partition coefficient (Wildman–Crippen LogP) is 6.42. The van der Waals surface area contributed by atoms with Crippen LogP contribution in [0.3, 0.4) is 0 Å². The Balaban J connectivity index is 1.58. The first-order chi connectivity index (χ1) is 17.4. The van der Waals surface area contributed by atoms with E-state index in [0.29, 0.717) is 19.6 Å². The summed E-state index contributed by atoms with van der Waals surface area (Å²) in [6.45, 7) is 14.0. The van der Waals surface area contributed by atoms with Gasteiger partial charge < -0.3 is 23.4 Å². The lowest BCUT2D eigenvalue weighted by Gasteiger charge is -2.38. The van der Waals surface area contributed by atoms with E-state index in [-0.39, 0.29) is 35.6 Å². The number of carbonyl (C=O) groups is 1. The van der Waals surface area contributed by atoms with Crippen LogP contribution in [0.5, 0.6) is 5.75 Å². The largest absolute Gasteiger partial charge is 0.497 e. The molecule has 1 aromatic rings. The van der Waals surface area contributed by atoms with Crippen LogP contribution >= 0.6 is 0 Å². The minimum absolute atomic E-state index is 0.0413. The standard InChI is InChI=1S/C30H46O6Si/c1-23-28(35-30(34-23)18-9-8-10-19-30)21-25(31)13-16-27(36-37(6,7)29(2,3)4)17-20-33-22-24-11-14-26(32-5)15-12-24/h11-12,14-15,23,27-28H,8-10,17-22H2,1-7H3/t23-,27-,28-/m0/s1. The zero-order chi connectivity index (χ0) is 27.1. The fourth-order valence-electron chi connectivity index (χ4n) is 4.54. The molecular weight excluding hydrogens is 484 g/mol. The van der Waals surface area contributed by atoms with Crippen LogP contribution in [-0.2, 0) is 30.0 Å². The van der Waals surface area contributed by atoms with Crippen molar-refractivity contribution in [1.82, 2.24) is 0 Å². The van der Waals surface area contributed by atoms with Gasteiger partial charge in [0.1, 0.15) is 11.9 Å². The maximum atomic E-state index is 12.9. The Bertz CT molecular complexity index is 934. The fourth-order valence-corrected chi connectivity index (χ4v) is 5.78. The van der Waals surface area contributed by atoms with Crippen LogP contribution in [-0.4, -0.2) is 51.9 Å². The molecule has 0 N–H and O–H groups in total. The van der Waals surface area contributed by atoms with E-state index in [0.717, 1.165) is 37.0 Å². The summed E-state index contributed by atoms with van der Waals surface area (Å²) < 4.78 is 30.2. The minimum Gasteiger partial charge on any atom is -0.497 e. The molecule has 0 bridgehead atoms. The maximum absolute atomic E-state index is 12.9. The first-order valence-corrected chi connectivity index (χ1v) is 16.6. The number of ketones is 1. The van der Waals surface area contributed by atoms with Crippen molar-refractivity contribution >= 4 is 14.1 Å². The molecule has 1 aromatic carbocycles. The molecule has 37 heavy (non-hydrogen) atoms. The molecule has 2 fully saturated rings. The van der Waals surface area contributed by atoms with Gasteiger partial charge in [-0.1, -0.05) is 45.2 Å². The van der Waals surface area contributed by atoms with Crippen LogP contribution in [0.4, 0.5) is 0 Å². The molecule has 1 saturated carbocycles. The molecule has 3 atom stereocenters. The molecule has 3 rings (SSSR count). The average molecular weight is 531 g/mol. The van der Waals surface area contributed by atoms with Gasteiger partial charge in [0.05, 0.1) is 32.5 Å². The highest BCUT2D eigenvalue weighted by Gasteiger charge is 2.46. The zero-order valence-corrected chi connectivity index (χ0v) is 24.9. The van der Waals surface area contributed by atoms with Gasteiger partial charge in [-0.2, -0.15) is 0 Å². The molecule has 206 valence electrons. The number of hydrogen-bond donors (Lipinski definition) is 0. The summed E-state index contributed by atoms with van der Waals surface area (Å²) in [4.78, 5) is 12.9. The fraction of sp³-hybridized carbons (Fsp3) is 0.700. The van der Waals surface area contributed by atoms with Crippen molar-refractivity contribution in [3.05, 3.63) is 29.8 Å². The SMILES string of the molecule is COc1ccc(COCC[C@H](C#CC(=O)C[C@@H]2OC3(CCCCC3)O[C@H]2C)O[Si](C)(C)C(C)(C)C)cc1. The van der Waals surface area contributed by atoms with Crippen molar-refractivity contribution in [3.63, 3.8) is 0 Å². The molecular formula is C30H46O6Si. The van der Waals surface area contributed by atoms with Crippen molar-refractivity contribution in [2.75, 3.05) is 13.7 Å². The average Bonchev–Trinajstić information content (AvgIpc) is 3.13. The lowest BCUT2D eigenvalue weighted by Crippen LogP contribution is -2.44. The number of ether oxygens (including phenoxy) is 4. The van der Waals surface area contributed by atoms with Crippen molar-refractivity contribution in [3.8, 4) is 17.6 Å². The molecule has 1 aliphatic carbocycles. The van der Waals surface area contributed by atoms with Gasteiger partial charge in [0, 0.05) is 25.7 Å². The topological polar surface area (TPSA) is 63.2 Å². The lowest BCUT2D eigenvalue weighted by atomic mass is 9.94. The quantitative estimate of drug-likeness (QED) is 0.151. The van der Waals surface area contributed by atoms with Crippen LogP contribution in [0.1, 0.15) is 78.2 Å². The number of methoxy groups -OCH3 is 1. The monoisotopic (exact) mass is 530 g/mol. The normalized spacial score (nSPS) is 22.4. The zero-order valence-electron chi connectivity index (χ0n) is 23.9. The van der Waals surface area contributed by atoms with E-state index in [1.54, 1.807) is 7.11 Å². The van der Waals surface area contributed by atoms with Crippen molar-refractivity contribution in [2.24, 2.45) is 0 Å². The van der Waals surface area contributed by atoms with Gasteiger partial charge in [-0.05, 0) is 61.5 Å². The minimum atomic E-state index is -2.08. The summed E-state index contributed by atoms with van der Waals surface area (Å²) in [5.41, 5.74) is 1.08. The van der Waals surface area contributed by atoms with E-state index >= 15 is 0 Å². The Kier molecular flexibility index (Phi) is 10.4. The molecule has 2 aliphatic rings. The van der Waals surface area contributed by atoms with E-state index in [1.165, 1.54) is 6.42 Å². The third kappa shape index (κ3) is 8.66. The lowest BCUT2D eigenvalue weighted by molar-refractivity contribution is -0.193. The van der Waals surface area contributed by atoms with E-state index in [9.17, 15) is 4.79 Å². The van der Waals surface area contributed by atoms with Crippen molar-refractivity contribution < 1.29 is 28.2 Å². The van der Waals surface area contributed by atoms with Gasteiger partial charge in [0.25, 0.3) is 0 Å². The number of hydrogen-bond acceptors (Lipinski definition) is 6. The van der Waals surface area contributed by atoms with E-state index < -0.39 is 14.1 Å². The Labute approximate surface area is 224 Å². The molecule has 0 aromatic heterocycles. The second-order valence-corrected chi connectivity index (χ2v) is 16.7. The van der Waals surface area contributed by atoms with Crippen LogP contribution in [0.25, 0.3) is 0 Å². The third-order valence-corrected chi connectivity index (χ3v) is 12.3. The molecule has 6 nitrogen and oxygen atoms in total. The second kappa shape index (κ2) is 12.9. The van der Waals surface area contributed by atoms with Gasteiger partial charge in [0.15, 0.2) is 14.1 Å². The molecule has 0 amide bonds. The molecule has 0 radical (unpaired) electrons. The molecule has 0 unspecified atom stereocenters. The summed E-state index contributed by atoms with van der Waals surface area (Å²) >= 11 is 0. The number of Topliss-reactive ketones (excluding diaryl/α,β-unsaturated/α-hetero) is 1. The Hall–Kier alpha value is -1.69.